The minimum absolute atomic E-state index is 0.0858. The summed E-state index contributed by atoms with van der Waals surface area (Å²) in [5.41, 5.74) is 2.24. The molecule has 32 heavy (non-hydrogen) atoms. The van der Waals surface area contributed by atoms with Crippen LogP contribution in [0, 0.1) is 5.92 Å². The molecule has 0 saturated heterocycles. The third-order valence-corrected chi connectivity index (χ3v) is 8.24. The van der Waals surface area contributed by atoms with Gasteiger partial charge in [0, 0.05) is 11.1 Å². The van der Waals surface area contributed by atoms with Gasteiger partial charge in [-0.25, -0.2) is 4.99 Å². The van der Waals surface area contributed by atoms with E-state index in [1.807, 2.05) is 6.07 Å². The van der Waals surface area contributed by atoms with Gasteiger partial charge in [-0.2, -0.15) is 0 Å². The first-order chi connectivity index (χ1) is 15.7. The minimum atomic E-state index is -0.749. The summed E-state index contributed by atoms with van der Waals surface area (Å²) in [6.07, 6.45) is 0. The molecule has 0 aliphatic carbocycles. The summed E-state index contributed by atoms with van der Waals surface area (Å²) in [6, 6.07) is 38.5. The zero-order valence-electron chi connectivity index (χ0n) is 18.3. The molecule has 0 saturated carbocycles. The highest BCUT2D eigenvalue weighted by atomic mass is 31.1. The third kappa shape index (κ3) is 3.99. The second-order valence-electron chi connectivity index (χ2n) is 8.29. The molecule has 1 aliphatic rings. The minimum Gasteiger partial charge on any atom is -0.438 e. The molecular weight excluding hydrogens is 409 g/mol. The number of fused-ring (bicyclic) bond motifs is 1. The van der Waals surface area contributed by atoms with Crippen molar-refractivity contribution < 1.29 is 4.74 Å². The van der Waals surface area contributed by atoms with Crippen LogP contribution in [0.2, 0.25) is 0 Å². The fraction of sp³-hybridized carbons (Fsp3) is 0.138. The SMILES string of the molecule is CC(C)[C@H]1N=C(c2ccccc2P(c2ccccc2)c2ccccc2)Oc2ccccc21. The first kappa shape index (κ1) is 20.7. The van der Waals surface area contributed by atoms with Crippen LogP contribution in [0.3, 0.4) is 0 Å². The van der Waals surface area contributed by atoms with Gasteiger partial charge in [0.05, 0.1) is 6.04 Å². The highest BCUT2D eigenvalue weighted by Crippen LogP contribution is 2.39. The van der Waals surface area contributed by atoms with Gasteiger partial charge in [0.25, 0.3) is 0 Å². The molecule has 2 nitrogen and oxygen atoms in total. The summed E-state index contributed by atoms with van der Waals surface area (Å²) < 4.78 is 6.42. The molecule has 0 unspecified atom stereocenters. The van der Waals surface area contributed by atoms with Crippen molar-refractivity contribution >= 4 is 29.7 Å². The van der Waals surface area contributed by atoms with Gasteiger partial charge < -0.3 is 4.74 Å². The Labute approximate surface area is 191 Å². The predicted octanol–water partition coefficient (Wildman–Crippen LogP) is 5.98. The summed E-state index contributed by atoms with van der Waals surface area (Å²) in [5.74, 6) is 2.01. The lowest BCUT2D eigenvalue weighted by atomic mass is 9.94. The maximum Gasteiger partial charge on any atom is 0.223 e. The molecule has 0 spiro atoms. The van der Waals surface area contributed by atoms with E-state index in [1.165, 1.54) is 15.9 Å². The molecular formula is C29H26NOP. The average molecular weight is 436 g/mol. The van der Waals surface area contributed by atoms with Crippen molar-refractivity contribution in [3.8, 4) is 5.75 Å². The van der Waals surface area contributed by atoms with E-state index in [0.717, 1.165) is 22.8 Å². The van der Waals surface area contributed by atoms with Gasteiger partial charge in [-0.3, -0.25) is 0 Å². The van der Waals surface area contributed by atoms with Crippen LogP contribution in [0.4, 0.5) is 0 Å². The van der Waals surface area contributed by atoms with Crippen molar-refractivity contribution in [3.05, 3.63) is 120 Å². The quantitative estimate of drug-likeness (QED) is 0.353. The van der Waals surface area contributed by atoms with Gasteiger partial charge in [0.1, 0.15) is 5.75 Å². The molecule has 4 aromatic rings. The van der Waals surface area contributed by atoms with E-state index in [1.54, 1.807) is 0 Å². The fourth-order valence-electron chi connectivity index (χ4n) is 4.21. The van der Waals surface area contributed by atoms with Crippen LogP contribution in [0.15, 0.2) is 114 Å². The zero-order chi connectivity index (χ0) is 21.9. The van der Waals surface area contributed by atoms with E-state index in [9.17, 15) is 0 Å². The highest BCUT2D eigenvalue weighted by Gasteiger charge is 2.29. The smallest absolute Gasteiger partial charge is 0.223 e. The predicted molar refractivity (Wildman–Crippen MR) is 136 cm³/mol. The monoisotopic (exact) mass is 435 g/mol. The van der Waals surface area contributed by atoms with E-state index >= 15 is 0 Å². The number of ether oxygens (including phenoxy) is 1. The van der Waals surface area contributed by atoms with Crippen molar-refractivity contribution in [1.82, 2.24) is 0 Å². The molecule has 0 aromatic heterocycles. The normalized spacial score (nSPS) is 15.2. The van der Waals surface area contributed by atoms with Crippen molar-refractivity contribution in [3.63, 3.8) is 0 Å². The second kappa shape index (κ2) is 9.10. The van der Waals surface area contributed by atoms with E-state index in [-0.39, 0.29) is 6.04 Å². The lowest BCUT2D eigenvalue weighted by Gasteiger charge is -2.28. The van der Waals surface area contributed by atoms with Gasteiger partial charge >= 0.3 is 0 Å². The maximum atomic E-state index is 6.42. The van der Waals surface area contributed by atoms with E-state index in [2.05, 4.69) is 117 Å². The van der Waals surface area contributed by atoms with E-state index in [0.29, 0.717) is 5.92 Å². The largest absolute Gasteiger partial charge is 0.438 e. The highest BCUT2D eigenvalue weighted by molar-refractivity contribution is 7.80. The fourth-order valence-corrected chi connectivity index (χ4v) is 6.65. The molecule has 0 amide bonds. The van der Waals surface area contributed by atoms with Crippen LogP contribution in [0.25, 0.3) is 0 Å². The molecule has 0 N–H and O–H groups in total. The second-order valence-corrected chi connectivity index (χ2v) is 10.5. The Hall–Kier alpha value is -3.22. The summed E-state index contributed by atoms with van der Waals surface area (Å²) in [5, 5.41) is 3.90. The molecule has 4 aromatic carbocycles. The summed E-state index contributed by atoms with van der Waals surface area (Å²) in [7, 11) is -0.749. The van der Waals surface area contributed by atoms with Gasteiger partial charge in [0.2, 0.25) is 5.90 Å². The van der Waals surface area contributed by atoms with Crippen LogP contribution in [0.1, 0.15) is 31.0 Å². The number of rotatable bonds is 5. The number of hydrogen-bond acceptors (Lipinski definition) is 2. The lowest BCUT2D eigenvalue weighted by molar-refractivity contribution is 0.440. The van der Waals surface area contributed by atoms with Crippen LogP contribution in [-0.2, 0) is 0 Å². The third-order valence-electron chi connectivity index (χ3n) is 5.74. The first-order valence-corrected chi connectivity index (χ1v) is 12.4. The van der Waals surface area contributed by atoms with Gasteiger partial charge in [-0.05, 0) is 41.9 Å². The Morgan fingerprint density at radius 2 is 1.25 bits per heavy atom. The number of aliphatic imine (C=N–C) groups is 1. The van der Waals surface area contributed by atoms with Crippen LogP contribution >= 0.6 is 7.92 Å². The summed E-state index contributed by atoms with van der Waals surface area (Å²) >= 11 is 0. The molecule has 1 heterocycles. The van der Waals surface area contributed by atoms with Gasteiger partial charge in [0.15, 0.2) is 0 Å². The van der Waals surface area contributed by atoms with Crippen LogP contribution in [0.5, 0.6) is 5.75 Å². The number of hydrogen-bond donors (Lipinski definition) is 0. The maximum absolute atomic E-state index is 6.42. The number of nitrogens with zero attached hydrogens (tertiary/aromatic N) is 1. The molecule has 3 heteroatoms. The molecule has 0 fully saturated rings. The van der Waals surface area contributed by atoms with Gasteiger partial charge in [-0.1, -0.05) is 111 Å². The molecule has 0 bridgehead atoms. The summed E-state index contributed by atoms with van der Waals surface area (Å²) in [6.45, 7) is 4.45. The molecule has 1 atom stereocenters. The van der Waals surface area contributed by atoms with Crippen molar-refractivity contribution in [2.75, 3.05) is 0 Å². The molecule has 1 aliphatic heterocycles. The first-order valence-electron chi connectivity index (χ1n) is 11.1. The molecule has 5 rings (SSSR count). The Kier molecular flexibility index (Phi) is 5.88. The lowest BCUT2D eigenvalue weighted by Crippen LogP contribution is -2.29. The molecule has 158 valence electrons. The van der Waals surface area contributed by atoms with Crippen molar-refractivity contribution in [2.24, 2.45) is 10.9 Å². The number of benzene rings is 4. The van der Waals surface area contributed by atoms with E-state index < -0.39 is 7.92 Å². The van der Waals surface area contributed by atoms with Crippen LogP contribution in [-0.4, -0.2) is 5.90 Å². The Bertz CT molecular complexity index is 1190. The zero-order valence-corrected chi connectivity index (χ0v) is 19.2. The Morgan fingerprint density at radius 3 is 1.91 bits per heavy atom. The van der Waals surface area contributed by atoms with E-state index in [4.69, 9.17) is 9.73 Å². The Morgan fingerprint density at radius 1 is 0.688 bits per heavy atom. The number of para-hydroxylation sites is 1. The molecule has 0 radical (unpaired) electrons. The van der Waals surface area contributed by atoms with Crippen molar-refractivity contribution in [1.29, 1.82) is 0 Å². The topological polar surface area (TPSA) is 21.6 Å². The standard InChI is InChI=1S/C29H26NOP/c1-21(2)28-24-17-9-11-19-26(24)31-29(30-28)25-18-10-12-20-27(25)32(22-13-5-3-6-14-22)23-15-7-4-8-16-23/h3-21,28H,1-2H3/t28-/m1/s1. The van der Waals surface area contributed by atoms with Crippen LogP contribution < -0.4 is 20.7 Å². The summed E-state index contributed by atoms with van der Waals surface area (Å²) in [4.78, 5) is 5.13. The Balaban J connectivity index is 1.67. The van der Waals surface area contributed by atoms with Gasteiger partial charge in [-0.15, -0.1) is 0 Å². The average Bonchev–Trinajstić information content (AvgIpc) is 2.85. The van der Waals surface area contributed by atoms with Crippen molar-refractivity contribution in [2.45, 2.75) is 19.9 Å².